The number of amides is 3. The molecule has 3 amide bonds. The van der Waals surface area contributed by atoms with Crippen molar-refractivity contribution in [3.8, 4) is 0 Å². The largest absolute Gasteiger partial charge is 0.480 e. The van der Waals surface area contributed by atoms with E-state index in [4.69, 9.17) is 5.73 Å². The molecule has 5 N–H and O–H groups in total. The van der Waals surface area contributed by atoms with Gasteiger partial charge in [-0.3, -0.25) is 14.4 Å². The summed E-state index contributed by atoms with van der Waals surface area (Å²) in [6, 6.07) is 5.48. The fourth-order valence-electron chi connectivity index (χ4n) is 3.78. The fourth-order valence-corrected chi connectivity index (χ4v) is 4.02. The maximum Gasteiger partial charge on any atom is 0.327 e. The summed E-state index contributed by atoms with van der Waals surface area (Å²) in [5, 5.41) is 14.4. The van der Waals surface area contributed by atoms with Crippen LogP contribution in [0.2, 0.25) is 0 Å². The minimum atomic E-state index is -1.21. The molecule has 9 nitrogen and oxygen atoms in total. The molecule has 0 bridgehead atoms. The number of carbonyl (C=O) groups is 4. The molecule has 1 aliphatic heterocycles. The molecule has 0 spiro atoms. The Morgan fingerprint density at radius 1 is 1.18 bits per heavy atom. The SMILES string of the molecule is CCC(C)C(N)C(=O)N1CCCC1C(=O)NC(Cc1ccccc1)C(=O)NC(CS)C(=O)O. The highest BCUT2D eigenvalue weighted by atomic mass is 32.1. The lowest BCUT2D eigenvalue weighted by Crippen LogP contribution is -2.57. The van der Waals surface area contributed by atoms with Crippen molar-refractivity contribution in [2.45, 2.75) is 63.7 Å². The van der Waals surface area contributed by atoms with Crippen LogP contribution in [0.5, 0.6) is 0 Å². The predicted molar refractivity (Wildman–Crippen MR) is 128 cm³/mol. The number of carboxylic acids is 1. The van der Waals surface area contributed by atoms with Gasteiger partial charge in [-0.2, -0.15) is 12.6 Å². The number of rotatable bonds is 11. The van der Waals surface area contributed by atoms with Gasteiger partial charge < -0.3 is 26.4 Å². The first kappa shape index (κ1) is 26.7. The molecule has 5 unspecified atom stereocenters. The summed E-state index contributed by atoms with van der Waals surface area (Å²) in [5.74, 6) is -2.67. The van der Waals surface area contributed by atoms with E-state index < -0.39 is 42.0 Å². The summed E-state index contributed by atoms with van der Waals surface area (Å²) < 4.78 is 0. The average Bonchev–Trinajstić information content (AvgIpc) is 3.31. The normalized spacial score (nSPS) is 19.3. The van der Waals surface area contributed by atoms with Gasteiger partial charge in [0, 0.05) is 18.7 Å². The van der Waals surface area contributed by atoms with Crippen LogP contribution in [0.1, 0.15) is 38.7 Å². The molecule has 1 aromatic carbocycles. The van der Waals surface area contributed by atoms with Gasteiger partial charge in [-0.05, 0) is 24.3 Å². The Morgan fingerprint density at radius 2 is 1.85 bits per heavy atom. The number of nitrogens with two attached hydrogens (primary N) is 1. The maximum absolute atomic E-state index is 13.2. The van der Waals surface area contributed by atoms with E-state index in [9.17, 15) is 24.3 Å². The first-order valence-corrected chi connectivity index (χ1v) is 11.9. The van der Waals surface area contributed by atoms with Crippen molar-refractivity contribution in [3.63, 3.8) is 0 Å². The summed E-state index contributed by atoms with van der Waals surface area (Å²) in [6.07, 6.45) is 2.05. The van der Waals surface area contributed by atoms with Crippen molar-refractivity contribution >= 4 is 36.3 Å². The van der Waals surface area contributed by atoms with Crippen molar-refractivity contribution < 1.29 is 24.3 Å². The molecule has 10 heteroatoms. The number of carboxylic acid groups (broad SMARTS) is 1. The molecular weight excluding hydrogens is 444 g/mol. The zero-order valence-corrected chi connectivity index (χ0v) is 20.0. The molecule has 182 valence electrons. The average molecular weight is 479 g/mol. The van der Waals surface area contributed by atoms with Crippen molar-refractivity contribution in [2.24, 2.45) is 11.7 Å². The Labute approximate surface area is 199 Å². The van der Waals surface area contributed by atoms with Gasteiger partial charge in [-0.15, -0.1) is 0 Å². The number of likely N-dealkylation sites (tertiary alicyclic amines) is 1. The molecule has 1 saturated heterocycles. The first-order valence-electron chi connectivity index (χ1n) is 11.2. The molecule has 5 atom stereocenters. The van der Waals surface area contributed by atoms with Crippen molar-refractivity contribution in [1.29, 1.82) is 0 Å². The molecule has 0 saturated carbocycles. The quantitative estimate of drug-likeness (QED) is 0.295. The number of hydrogen-bond donors (Lipinski definition) is 5. The lowest BCUT2D eigenvalue weighted by Gasteiger charge is -2.30. The zero-order valence-electron chi connectivity index (χ0n) is 19.1. The van der Waals surface area contributed by atoms with Gasteiger partial charge in [0.05, 0.1) is 6.04 Å². The minimum Gasteiger partial charge on any atom is -0.480 e. The van der Waals surface area contributed by atoms with E-state index in [1.807, 2.05) is 44.2 Å². The van der Waals surface area contributed by atoms with E-state index >= 15 is 0 Å². The molecular formula is C23H34N4O5S. The molecule has 0 aromatic heterocycles. The van der Waals surface area contributed by atoms with Crippen LogP contribution in [0, 0.1) is 5.92 Å². The lowest BCUT2D eigenvalue weighted by atomic mass is 9.98. The minimum absolute atomic E-state index is 0.0207. The second-order valence-corrected chi connectivity index (χ2v) is 8.80. The van der Waals surface area contributed by atoms with E-state index in [1.54, 1.807) is 0 Å². The highest BCUT2D eigenvalue weighted by molar-refractivity contribution is 7.80. The van der Waals surface area contributed by atoms with E-state index in [0.29, 0.717) is 19.4 Å². The molecule has 33 heavy (non-hydrogen) atoms. The van der Waals surface area contributed by atoms with E-state index in [0.717, 1.165) is 12.0 Å². The molecule has 2 rings (SSSR count). The third-order valence-electron chi connectivity index (χ3n) is 6.09. The zero-order chi connectivity index (χ0) is 24.5. The summed E-state index contributed by atoms with van der Waals surface area (Å²) >= 11 is 3.98. The summed E-state index contributed by atoms with van der Waals surface area (Å²) in [6.45, 7) is 4.28. The third kappa shape index (κ3) is 7.20. The number of carbonyl (C=O) groups excluding carboxylic acids is 3. The van der Waals surface area contributed by atoms with Gasteiger partial charge in [-0.25, -0.2) is 4.79 Å². The lowest BCUT2D eigenvalue weighted by molar-refractivity contribution is -0.142. The molecule has 1 heterocycles. The number of nitrogens with one attached hydrogen (secondary N) is 2. The van der Waals surface area contributed by atoms with Crippen LogP contribution in [0.25, 0.3) is 0 Å². The maximum atomic E-state index is 13.2. The summed E-state index contributed by atoms with van der Waals surface area (Å²) in [4.78, 5) is 51.8. The Kier molecular flexibility index (Phi) is 10.2. The highest BCUT2D eigenvalue weighted by Crippen LogP contribution is 2.21. The van der Waals surface area contributed by atoms with Gasteiger partial charge >= 0.3 is 5.97 Å². The summed E-state index contributed by atoms with van der Waals surface area (Å²) in [5.41, 5.74) is 6.91. The van der Waals surface area contributed by atoms with Crippen LogP contribution in [0.15, 0.2) is 30.3 Å². The van der Waals surface area contributed by atoms with Crippen molar-refractivity contribution in [2.75, 3.05) is 12.3 Å². The van der Waals surface area contributed by atoms with Crippen LogP contribution in [-0.2, 0) is 25.6 Å². The number of nitrogens with zero attached hydrogens (tertiary/aromatic N) is 1. The topological polar surface area (TPSA) is 142 Å². The first-order chi connectivity index (χ1) is 15.7. The van der Waals surface area contributed by atoms with E-state index in [-0.39, 0.29) is 24.0 Å². The smallest absolute Gasteiger partial charge is 0.327 e. The second-order valence-electron chi connectivity index (χ2n) is 8.43. The Bertz CT molecular complexity index is 837. The standard InChI is InChI=1S/C23H34N4O5S/c1-3-14(2)19(24)22(30)27-11-7-10-18(27)21(29)25-16(12-15-8-5-4-6-9-15)20(28)26-17(13-33)23(31)32/h4-6,8-9,14,16-19,33H,3,7,10-13,24H2,1-2H3,(H,25,29)(H,26,28)(H,31,32). The molecule has 1 aliphatic rings. The van der Waals surface area contributed by atoms with Crippen LogP contribution < -0.4 is 16.4 Å². The molecule has 1 fully saturated rings. The monoisotopic (exact) mass is 478 g/mol. The van der Waals surface area contributed by atoms with Gasteiger partial charge in [0.1, 0.15) is 18.1 Å². The van der Waals surface area contributed by atoms with Gasteiger partial charge in [0.2, 0.25) is 17.7 Å². The highest BCUT2D eigenvalue weighted by Gasteiger charge is 2.38. The van der Waals surface area contributed by atoms with Crippen molar-refractivity contribution in [3.05, 3.63) is 35.9 Å². The van der Waals surface area contributed by atoms with Crippen LogP contribution in [0.3, 0.4) is 0 Å². The number of benzene rings is 1. The van der Waals surface area contributed by atoms with Crippen LogP contribution >= 0.6 is 12.6 Å². The van der Waals surface area contributed by atoms with Crippen LogP contribution in [-0.4, -0.2) is 70.2 Å². The summed E-state index contributed by atoms with van der Waals surface area (Å²) in [7, 11) is 0. The number of aliphatic carboxylic acids is 1. The van der Waals surface area contributed by atoms with E-state index in [1.165, 1.54) is 4.90 Å². The Morgan fingerprint density at radius 3 is 2.42 bits per heavy atom. The van der Waals surface area contributed by atoms with E-state index in [2.05, 4.69) is 23.3 Å². The van der Waals surface area contributed by atoms with Gasteiger partial charge in [0.15, 0.2) is 0 Å². The Hall–Kier alpha value is -2.59. The second kappa shape index (κ2) is 12.6. The van der Waals surface area contributed by atoms with Crippen LogP contribution in [0.4, 0.5) is 0 Å². The molecule has 0 aliphatic carbocycles. The fraction of sp³-hybridized carbons (Fsp3) is 0.565. The predicted octanol–water partition coefficient (Wildman–Crippen LogP) is 0.578. The number of thiol groups is 1. The number of hydrogen-bond acceptors (Lipinski definition) is 6. The molecule has 0 radical (unpaired) electrons. The third-order valence-corrected chi connectivity index (χ3v) is 6.46. The van der Waals surface area contributed by atoms with Crippen molar-refractivity contribution in [1.82, 2.24) is 15.5 Å². The molecule has 1 aromatic rings. The van der Waals surface area contributed by atoms with Gasteiger partial charge in [0.25, 0.3) is 0 Å². The van der Waals surface area contributed by atoms with Gasteiger partial charge in [-0.1, -0.05) is 50.6 Å². The Balaban J connectivity index is 2.18.